The topological polar surface area (TPSA) is 0 Å². The minimum atomic E-state index is -2.57. The zero-order chi connectivity index (χ0) is 17.0. The summed E-state index contributed by atoms with van der Waals surface area (Å²) in [5.41, 5.74) is 5.40. The molecule has 5 heteroatoms. The van der Waals surface area contributed by atoms with Crippen LogP contribution in [0.5, 0.6) is 0 Å². The molecule has 27 heavy (non-hydrogen) atoms. The molecular weight excluding hydrogens is 721 g/mol. The molecule has 0 fully saturated rings. The van der Waals surface area contributed by atoms with Crippen molar-refractivity contribution in [3.05, 3.63) is 83.9 Å². The second kappa shape index (κ2) is 9.24. The van der Waals surface area contributed by atoms with E-state index in [1.165, 1.54) is 43.8 Å². The van der Waals surface area contributed by atoms with E-state index in [4.69, 9.17) is 0 Å². The molecule has 0 bridgehead atoms. The van der Waals surface area contributed by atoms with Gasteiger partial charge in [-0.2, -0.15) is 0 Å². The van der Waals surface area contributed by atoms with Gasteiger partial charge < -0.3 is 0 Å². The monoisotopic (exact) mass is 734 g/mol. The molecule has 4 aromatic carbocycles. The summed E-state index contributed by atoms with van der Waals surface area (Å²) < 4.78 is 2.18. The Bertz CT molecular complexity index is 1050. The van der Waals surface area contributed by atoms with E-state index in [2.05, 4.69) is 98.2 Å². The maximum atomic E-state index is 4.10. The minimum absolute atomic E-state index is 0. The summed E-state index contributed by atoms with van der Waals surface area (Å²) in [5, 5.41) is 5.16. The average molecular weight is 735 g/mol. The Morgan fingerprint density at radius 1 is 0.667 bits per heavy atom. The van der Waals surface area contributed by atoms with E-state index in [-0.39, 0.29) is 65.4 Å². The summed E-state index contributed by atoms with van der Waals surface area (Å²) >= 11 is 5.63. The van der Waals surface area contributed by atoms with Crippen LogP contribution in [0.2, 0.25) is 0 Å². The van der Waals surface area contributed by atoms with Crippen molar-refractivity contribution in [3.8, 4) is 11.1 Å². The van der Waals surface area contributed by atoms with Crippen LogP contribution in [0.1, 0.15) is 11.1 Å². The largest absolute Gasteiger partial charge is 0 e. The van der Waals surface area contributed by atoms with Crippen molar-refractivity contribution in [1.82, 2.24) is 0 Å². The zero-order valence-electron chi connectivity index (χ0n) is 14.6. The Morgan fingerprint density at radius 3 is 1.52 bits per heavy atom. The van der Waals surface area contributed by atoms with Gasteiger partial charge in [-0.05, 0) is 0 Å². The van der Waals surface area contributed by atoms with Crippen LogP contribution in [-0.4, -0.2) is 13.9 Å². The normalized spacial score (nSPS) is 14.4. The molecule has 0 N–H and O–H groups in total. The summed E-state index contributed by atoms with van der Waals surface area (Å²) in [4.78, 5) is 0. The van der Waals surface area contributed by atoms with Gasteiger partial charge in [-0.3, -0.25) is 0 Å². The van der Waals surface area contributed by atoms with Gasteiger partial charge in [-0.1, -0.05) is 0 Å². The Balaban J connectivity index is 0.00000105. The van der Waals surface area contributed by atoms with Gasteiger partial charge >= 0.3 is 165 Å². The summed E-state index contributed by atoms with van der Waals surface area (Å²) in [7, 11) is 0. The van der Waals surface area contributed by atoms with Gasteiger partial charge in [0, 0.05) is 65.4 Å². The van der Waals surface area contributed by atoms with Gasteiger partial charge in [0.05, 0.1) is 0 Å². The molecule has 2 radical (unpaired) electrons. The third-order valence-corrected chi connectivity index (χ3v) is 17.5. The molecule has 0 amide bonds. The predicted octanol–water partition coefficient (Wildman–Crippen LogP) is 6.66. The molecule has 0 saturated carbocycles. The fraction of sp³-hybridized carbons (Fsp3) is 0.0909. The van der Waals surface area contributed by atoms with Gasteiger partial charge in [0.2, 0.25) is 0 Å². The second-order valence-electron chi connectivity index (χ2n) is 6.67. The summed E-state index contributed by atoms with van der Waals surface area (Å²) in [6.07, 6.45) is 0. The number of hydrogen-bond acceptors (Lipinski definition) is 0. The number of hydrogen-bond donors (Lipinski definition) is 0. The van der Waals surface area contributed by atoms with Crippen molar-refractivity contribution in [2.24, 2.45) is 0 Å². The van der Waals surface area contributed by atoms with Crippen molar-refractivity contribution in [3.63, 3.8) is 0 Å². The number of halogens is 2. The summed E-state index contributed by atoms with van der Waals surface area (Å²) in [5.74, 6) is 0. The van der Waals surface area contributed by atoms with E-state index >= 15 is 0 Å². The maximum Gasteiger partial charge on any atom is 0 e. The Morgan fingerprint density at radius 2 is 1.07 bits per heavy atom. The molecule has 128 valence electrons. The van der Waals surface area contributed by atoms with E-state index in [1.54, 1.807) is 0 Å². The Hall–Kier alpha value is 1.37. The van der Waals surface area contributed by atoms with E-state index < -0.39 is 13.9 Å². The zero-order valence-corrected chi connectivity index (χ0v) is 26.3. The van der Waals surface area contributed by atoms with Gasteiger partial charge in [0.15, 0.2) is 0 Å². The fourth-order valence-corrected chi connectivity index (χ4v) is 16.4. The van der Waals surface area contributed by atoms with Crippen LogP contribution in [-0.2, 0) is 74.3 Å². The maximum absolute atomic E-state index is 4.10. The molecule has 0 spiro atoms. The van der Waals surface area contributed by atoms with Crippen LogP contribution in [0.4, 0.5) is 0 Å². The quantitative estimate of drug-likeness (QED) is 0.140. The first-order valence-corrected chi connectivity index (χ1v) is 25.2. The van der Waals surface area contributed by atoms with Crippen molar-refractivity contribution in [2.45, 2.75) is 8.87 Å². The molecule has 1 aliphatic heterocycles. The second-order valence-corrected chi connectivity index (χ2v) is 41.1. The fourth-order valence-electron chi connectivity index (χ4n) is 3.93. The van der Waals surface area contributed by atoms with Gasteiger partial charge in [0.1, 0.15) is 0 Å². The average Bonchev–Trinajstić information content (AvgIpc) is 2.73. The molecule has 0 nitrogen and oxygen atoms in total. The molecule has 5 rings (SSSR count). The van der Waals surface area contributed by atoms with E-state index in [9.17, 15) is 0 Å². The van der Waals surface area contributed by atoms with Crippen LogP contribution < -0.4 is 0 Å². The number of benzene rings is 4. The molecule has 0 atom stereocenters. The molecule has 1 heterocycles. The first kappa shape index (κ1) is 23.0. The van der Waals surface area contributed by atoms with E-state index in [0.717, 1.165) is 8.87 Å². The van der Waals surface area contributed by atoms with E-state index in [0.29, 0.717) is 0 Å². The molecule has 0 aromatic heterocycles. The third-order valence-electron chi connectivity index (χ3n) is 4.99. The first-order chi connectivity index (χ1) is 12.1. The SMILES string of the molecule is [Br][Sn]1([Br])[CH2]c2[c-]cc3ccccc3c2-c2c([c-]cc3ccccc23)[CH2]1.[Y].[Y]. The number of rotatable bonds is 0. The minimum Gasteiger partial charge on any atom is 0 e. The standard InChI is InChI=1S/C22H14.2BrH.Sn.2Y/c1-15-11-13-17-7-3-5-9-19(17)21(15)22-16(2)12-14-18-8-4-6-10-20(18)22;;;;;/h3-10,13-14H,1-2H2;2*1H;;;/q-2;;;+2;;/p-2. The van der Waals surface area contributed by atoms with Crippen LogP contribution >= 0.6 is 25.4 Å². The molecule has 0 unspecified atom stereocenters. The molecular formula is C22H14Br2SnY2-2. The van der Waals surface area contributed by atoms with Gasteiger partial charge in [-0.15, -0.1) is 0 Å². The van der Waals surface area contributed by atoms with Crippen LogP contribution in [0.3, 0.4) is 0 Å². The summed E-state index contributed by atoms with van der Waals surface area (Å²) in [6, 6.07) is 28.9. The molecule has 0 aliphatic carbocycles. The Kier molecular flexibility index (Phi) is 7.89. The van der Waals surface area contributed by atoms with E-state index in [1.807, 2.05) is 0 Å². The molecule has 4 aromatic rings. The smallest absolute Gasteiger partial charge is 0 e. The number of fused-ring (bicyclic) bond motifs is 7. The van der Waals surface area contributed by atoms with Crippen LogP contribution in [0.15, 0.2) is 60.7 Å². The van der Waals surface area contributed by atoms with Crippen molar-refractivity contribution in [1.29, 1.82) is 0 Å². The van der Waals surface area contributed by atoms with Crippen molar-refractivity contribution >= 4 is 60.9 Å². The van der Waals surface area contributed by atoms with Crippen molar-refractivity contribution in [2.75, 3.05) is 0 Å². The third kappa shape index (κ3) is 4.39. The Labute approximate surface area is 226 Å². The van der Waals surface area contributed by atoms with Gasteiger partial charge in [0.25, 0.3) is 0 Å². The van der Waals surface area contributed by atoms with Crippen LogP contribution in [0, 0.1) is 12.1 Å². The molecule has 0 saturated heterocycles. The summed E-state index contributed by atoms with van der Waals surface area (Å²) in [6.45, 7) is 0. The van der Waals surface area contributed by atoms with Crippen LogP contribution in [0.25, 0.3) is 32.7 Å². The molecule has 1 aliphatic rings. The van der Waals surface area contributed by atoms with Gasteiger partial charge in [-0.25, -0.2) is 0 Å². The first-order valence-electron chi connectivity index (χ1n) is 8.35. The predicted molar refractivity (Wildman–Crippen MR) is 116 cm³/mol. The van der Waals surface area contributed by atoms with Crippen molar-refractivity contribution < 1.29 is 65.4 Å².